The Morgan fingerprint density at radius 2 is 2.06 bits per heavy atom. The van der Waals surface area contributed by atoms with Crippen molar-refractivity contribution in [1.29, 1.82) is 0 Å². The van der Waals surface area contributed by atoms with Gasteiger partial charge in [-0.25, -0.2) is 9.37 Å². The van der Waals surface area contributed by atoms with Crippen LogP contribution in [0.5, 0.6) is 0 Å². The minimum absolute atomic E-state index is 0.0740. The smallest absolute Gasteiger partial charge is 0.260 e. The summed E-state index contributed by atoms with van der Waals surface area (Å²) in [7, 11) is 0. The molecule has 0 radical (unpaired) electrons. The highest BCUT2D eigenvalue weighted by atomic mass is 35.5. The van der Waals surface area contributed by atoms with Crippen molar-refractivity contribution < 1.29 is 13.6 Å². The van der Waals surface area contributed by atoms with Gasteiger partial charge in [0.15, 0.2) is 0 Å². The molecule has 0 saturated carbocycles. The fraction of sp³-hybridized carbons (Fsp3) is 0. The van der Waals surface area contributed by atoms with E-state index in [9.17, 15) is 13.6 Å². The third-order valence-electron chi connectivity index (χ3n) is 2.18. The van der Waals surface area contributed by atoms with Crippen LogP contribution in [0.1, 0.15) is 10.4 Å². The van der Waals surface area contributed by atoms with Crippen molar-refractivity contribution in [1.82, 2.24) is 4.98 Å². The number of hydrogen-bond acceptors (Lipinski definition) is 2. The lowest BCUT2D eigenvalue weighted by Gasteiger charge is -2.07. The predicted molar refractivity (Wildman–Crippen MR) is 63.6 cm³/mol. The molecule has 0 aliphatic heterocycles. The molecule has 0 aliphatic rings. The Bertz CT molecular complexity index is 604. The lowest BCUT2D eigenvalue weighted by Crippen LogP contribution is -2.14. The van der Waals surface area contributed by atoms with Gasteiger partial charge in [0.1, 0.15) is 5.82 Å². The topological polar surface area (TPSA) is 42.0 Å². The number of carbonyl (C=O) groups is 1. The van der Waals surface area contributed by atoms with Gasteiger partial charge in [-0.2, -0.15) is 4.39 Å². The van der Waals surface area contributed by atoms with Gasteiger partial charge in [-0.1, -0.05) is 11.6 Å². The first-order chi connectivity index (χ1) is 8.58. The van der Waals surface area contributed by atoms with Crippen LogP contribution >= 0.6 is 11.6 Å². The molecule has 0 atom stereocenters. The van der Waals surface area contributed by atoms with E-state index in [0.29, 0.717) is 0 Å². The molecule has 2 rings (SSSR count). The molecule has 1 N–H and O–H groups in total. The molecule has 1 aromatic heterocycles. The summed E-state index contributed by atoms with van der Waals surface area (Å²) in [5, 5.41) is 2.48. The van der Waals surface area contributed by atoms with Crippen molar-refractivity contribution in [2.75, 3.05) is 5.32 Å². The molecule has 0 aliphatic carbocycles. The maximum absolute atomic E-state index is 13.2. The third-order valence-corrected chi connectivity index (χ3v) is 2.51. The molecule has 0 fully saturated rings. The third kappa shape index (κ3) is 2.62. The van der Waals surface area contributed by atoms with Gasteiger partial charge in [0.05, 0.1) is 16.3 Å². The number of aromatic nitrogens is 1. The van der Waals surface area contributed by atoms with Gasteiger partial charge in [0, 0.05) is 6.20 Å². The SMILES string of the molecule is O=C(Nc1cc(F)ccc1Cl)c1cccnc1F. The maximum Gasteiger partial charge on any atom is 0.260 e. The summed E-state index contributed by atoms with van der Waals surface area (Å²) in [6, 6.07) is 6.19. The molecule has 0 spiro atoms. The van der Waals surface area contributed by atoms with Gasteiger partial charge in [-0.15, -0.1) is 0 Å². The first-order valence-corrected chi connectivity index (χ1v) is 5.32. The van der Waals surface area contributed by atoms with Crippen molar-refractivity contribution >= 4 is 23.2 Å². The van der Waals surface area contributed by atoms with E-state index in [1.54, 1.807) is 0 Å². The predicted octanol–water partition coefficient (Wildman–Crippen LogP) is 3.27. The van der Waals surface area contributed by atoms with Crippen molar-refractivity contribution in [2.45, 2.75) is 0 Å². The van der Waals surface area contributed by atoms with Gasteiger partial charge >= 0.3 is 0 Å². The van der Waals surface area contributed by atoms with Crippen LogP contribution in [0.2, 0.25) is 5.02 Å². The van der Waals surface area contributed by atoms with Crippen LogP contribution in [-0.4, -0.2) is 10.9 Å². The van der Waals surface area contributed by atoms with Crippen LogP contribution in [0.4, 0.5) is 14.5 Å². The highest BCUT2D eigenvalue weighted by molar-refractivity contribution is 6.33. The summed E-state index contributed by atoms with van der Waals surface area (Å²) in [6.07, 6.45) is 1.22. The highest BCUT2D eigenvalue weighted by Crippen LogP contribution is 2.23. The molecular weight excluding hydrogens is 262 g/mol. The molecule has 1 amide bonds. The van der Waals surface area contributed by atoms with Gasteiger partial charge < -0.3 is 5.32 Å². The van der Waals surface area contributed by atoms with Crippen molar-refractivity contribution in [3.63, 3.8) is 0 Å². The zero-order valence-corrected chi connectivity index (χ0v) is 9.71. The van der Waals surface area contributed by atoms with E-state index in [0.717, 1.165) is 12.1 Å². The van der Waals surface area contributed by atoms with Crippen LogP contribution in [0.15, 0.2) is 36.5 Å². The summed E-state index contributed by atoms with van der Waals surface area (Å²) in [5.74, 6) is -2.20. The number of halogens is 3. The zero-order valence-electron chi connectivity index (χ0n) is 8.95. The number of amides is 1. The van der Waals surface area contributed by atoms with Crippen molar-refractivity contribution in [2.24, 2.45) is 0 Å². The molecule has 3 nitrogen and oxygen atoms in total. The molecule has 6 heteroatoms. The van der Waals surface area contributed by atoms with E-state index in [4.69, 9.17) is 11.6 Å². The quantitative estimate of drug-likeness (QED) is 0.850. The van der Waals surface area contributed by atoms with E-state index in [1.807, 2.05) is 0 Å². The van der Waals surface area contributed by atoms with E-state index >= 15 is 0 Å². The highest BCUT2D eigenvalue weighted by Gasteiger charge is 2.13. The Kier molecular flexibility index (Phi) is 3.53. The maximum atomic E-state index is 13.2. The lowest BCUT2D eigenvalue weighted by molar-refractivity contribution is 0.102. The average Bonchev–Trinajstić information content (AvgIpc) is 2.34. The number of nitrogens with one attached hydrogen (secondary N) is 1. The molecular formula is C12H7ClF2N2O. The summed E-state index contributed by atoms with van der Waals surface area (Å²) < 4.78 is 26.2. The average molecular weight is 269 g/mol. The fourth-order valence-electron chi connectivity index (χ4n) is 1.34. The van der Waals surface area contributed by atoms with Crippen molar-refractivity contribution in [3.05, 3.63) is 58.9 Å². The van der Waals surface area contributed by atoms with E-state index in [2.05, 4.69) is 10.3 Å². The lowest BCUT2D eigenvalue weighted by atomic mass is 10.2. The number of pyridine rings is 1. The molecule has 1 heterocycles. The largest absolute Gasteiger partial charge is 0.320 e. The van der Waals surface area contributed by atoms with Gasteiger partial charge in [0.25, 0.3) is 5.91 Å². The van der Waals surface area contributed by atoms with Crippen LogP contribution < -0.4 is 5.32 Å². The second-order valence-corrected chi connectivity index (χ2v) is 3.83. The number of hydrogen-bond donors (Lipinski definition) is 1. The Balaban J connectivity index is 2.27. The molecule has 0 bridgehead atoms. The number of carbonyl (C=O) groups excluding carboxylic acids is 1. The van der Waals surface area contributed by atoms with Crippen LogP contribution in [0.25, 0.3) is 0 Å². The minimum atomic E-state index is -0.900. The summed E-state index contributed by atoms with van der Waals surface area (Å²) in [5.41, 5.74) is -0.164. The van der Waals surface area contributed by atoms with Crippen LogP contribution in [0, 0.1) is 11.8 Å². The minimum Gasteiger partial charge on any atom is -0.320 e. The summed E-state index contributed by atoms with van der Waals surface area (Å²) >= 11 is 5.78. The fourth-order valence-corrected chi connectivity index (χ4v) is 1.50. The van der Waals surface area contributed by atoms with Crippen molar-refractivity contribution in [3.8, 4) is 0 Å². The first kappa shape index (κ1) is 12.4. The monoisotopic (exact) mass is 268 g/mol. The molecule has 0 unspecified atom stereocenters. The van der Waals surface area contributed by atoms with E-state index in [-0.39, 0.29) is 16.3 Å². The van der Waals surface area contributed by atoms with Crippen LogP contribution in [-0.2, 0) is 0 Å². The Hall–Kier alpha value is -2.01. The molecule has 92 valence electrons. The normalized spacial score (nSPS) is 10.2. The second-order valence-electron chi connectivity index (χ2n) is 3.42. The Labute approximate surface area is 106 Å². The first-order valence-electron chi connectivity index (χ1n) is 4.95. The van der Waals surface area contributed by atoms with Gasteiger partial charge in [0.2, 0.25) is 5.95 Å². The molecule has 18 heavy (non-hydrogen) atoms. The number of nitrogens with zero attached hydrogens (tertiary/aromatic N) is 1. The standard InChI is InChI=1S/C12H7ClF2N2O/c13-9-4-3-7(14)6-10(9)17-12(18)8-2-1-5-16-11(8)15/h1-6H,(H,17,18). The van der Waals surface area contributed by atoms with Crippen LogP contribution in [0.3, 0.4) is 0 Å². The zero-order chi connectivity index (χ0) is 13.1. The Morgan fingerprint density at radius 3 is 2.78 bits per heavy atom. The number of rotatable bonds is 2. The number of benzene rings is 1. The van der Waals surface area contributed by atoms with Gasteiger partial charge in [-0.05, 0) is 30.3 Å². The Morgan fingerprint density at radius 1 is 1.28 bits per heavy atom. The molecule has 2 aromatic rings. The van der Waals surface area contributed by atoms with Gasteiger partial charge in [-0.3, -0.25) is 4.79 Å². The second kappa shape index (κ2) is 5.10. The van der Waals surface area contributed by atoms with E-state index < -0.39 is 17.7 Å². The number of anilines is 1. The summed E-state index contributed by atoms with van der Waals surface area (Å²) in [4.78, 5) is 15.1. The summed E-state index contributed by atoms with van der Waals surface area (Å²) in [6.45, 7) is 0. The van der Waals surface area contributed by atoms with E-state index in [1.165, 1.54) is 24.4 Å². The molecule has 0 saturated heterocycles. The molecule has 1 aromatic carbocycles.